The summed E-state index contributed by atoms with van der Waals surface area (Å²) in [5.41, 5.74) is 1.25. The van der Waals surface area contributed by atoms with Gasteiger partial charge in [-0.3, -0.25) is 0 Å². The Morgan fingerprint density at radius 1 is 1.55 bits per heavy atom. The van der Waals surface area contributed by atoms with Gasteiger partial charge in [-0.15, -0.1) is 11.3 Å². The highest BCUT2D eigenvalue weighted by molar-refractivity contribution is 7.10. The Kier molecular flexibility index (Phi) is 2.14. The monoisotopic (exact) mass is 167 g/mol. The third kappa shape index (κ3) is 1.90. The van der Waals surface area contributed by atoms with Gasteiger partial charge in [-0.1, -0.05) is 27.4 Å². The Hall–Kier alpha value is -0.630. The van der Waals surface area contributed by atoms with Crippen molar-refractivity contribution in [1.29, 1.82) is 0 Å². The number of hydrogen-bond acceptors (Lipinski definition) is 2. The predicted octanol–water partition coefficient (Wildman–Crippen LogP) is 3.20. The van der Waals surface area contributed by atoms with E-state index < -0.39 is 0 Å². The van der Waals surface area contributed by atoms with Crippen molar-refractivity contribution < 1.29 is 0 Å². The van der Waals surface area contributed by atoms with Gasteiger partial charge in [0.2, 0.25) is 0 Å². The molecular formula is C9H13NS. The average Bonchev–Trinajstić information content (AvgIpc) is 2.34. The average molecular weight is 167 g/mol. The molecule has 0 aromatic carbocycles. The third-order valence-electron chi connectivity index (χ3n) is 1.60. The van der Waals surface area contributed by atoms with Gasteiger partial charge in [0.15, 0.2) is 0 Å². The van der Waals surface area contributed by atoms with E-state index in [2.05, 4.69) is 32.3 Å². The van der Waals surface area contributed by atoms with Crippen LogP contribution in [0.2, 0.25) is 0 Å². The molecule has 60 valence electrons. The highest BCUT2D eigenvalue weighted by Gasteiger charge is 2.17. The van der Waals surface area contributed by atoms with E-state index in [1.807, 2.05) is 11.6 Å². The minimum absolute atomic E-state index is 0.137. The summed E-state index contributed by atoms with van der Waals surface area (Å²) in [6.45, 7) is 10.5. The molecule has 0 saturated carbocycles. The first-order valence-corrected chi connectivity index (χ1v) is 4.49. The smallest absolute Gasteiger partial charge is 0.119 e. The second kappa shape index (κ2) is 2.78. The molecule has 0 aliphatic carbocycles. The topological polar surface area (TPSA) is 12.9 Å². The zero-order chi connectivity index (χ0) is 8.48. The Labute approximate surface area is 71.8 Å². The van der Waals surface area contributed by atoms with Gasteiger partial charge in [-0.05, 0) is 11.0 Å². The van der Waals surface area contributed by atoms with Crippen LogP contribution in [0.1, 0.15) is 25.8 Å². The molecule has 2 heteroatoms. The molecule has 0 unspecified atom stereocenters. The zero-order valence-electron chi connectivity index (χ0n) is 7.22. The van der Waals surface area contributed by atoms with Crippen molar-refractivity contribution in [3.8, 4) is 0 Å². The first-order valence-electron chi connectivity index (χ1n) is 3.61. The van der Waals surface area contributed by atoms with Crippen LogP contribution in [0.5, 0.6) is 0 Å². The maximum Gasteiger partial charge on any atom is 0.119 e. The Morgan fingerprint density at radius 2 is 2.18 bits per heavy atom. The van der Waals surface area contributed by atoms with Gasteiger partial charge >= 0.3 is 0 Å². The van der Waals surface area contributed by atoms with E-state index in [1.54, 1.807) is 11.3 Å². The third-order valence-corrected chi connectivity index (χ3v) is 2.43. The summed E-state index contributed by atoms with van der Waals surface area (Å²) >= 11 is 1.65. The Morgan fingerprint density at radius 3 is 2.55 bits per heavy atom. The fraction of sp³-hybridized carbons (Fsp3) is 0.444. The molecule has 0 N–H and O–H groups in total. The van der Waals surface area contributed by atoms with Gasteiger partial charge in [-0.2, -0.15) is 0 Å². The molecule has 1 nitrogen and oxygen atoms in total. The van der Waals surface area contributed by atoms with Gasteiger partial charge in [0.1, 0.15) is 5.01 Å². The molecule has 1 heterocycles. The molecule has 0 atom stereocenters. The SMILES string of the molecule is C=C(c1nccs1)C(C)(C)C. The van der Waals surface area contributed by atoms with Crippen molar-refractivity contribution in [2.75, 3.05) is 0 Å². The quantitative estimate of drug-likeness (QED) is 0.626. The van der Waals surface area contributed by atoms with Crippen LogP contribution >= 0.6 is 11.3 Å². The maximum absolute atomic E-state index is 4.20. The minimum Gasteiger partial charge on any atom is -0.245 e. The maximum atomic E-state index is 4.20. The summed E-state index contributed by atoms with van der Waals surface area (Å²) in [6.07, 6.45) is 1.82. The standard InChI is InChI=1S/C9H13NS/c1-7(9(2,3)4)8-10-5-6-11-8/h5-6H,1H2,2-4H3. The van der Waals surface area contributed by atoms with Gasteiger partial charge in [0.05, 0.1) is 0 Å². The van der Waals surface area contributed by atoms with Crippen LogP contribution < -0.4 is 0 Å². The van der Waals surface area contributed by atoms with Gasteiger partial charge in [0, 0.05) is 11.6 Å². The zero-order valence-corrected chi connectivity index (χ0v) is 8.03. The van der Waals surface area contributed by atoms with Gasteiger partial charge in [-0.25, -0.2) is 4.98 Å². The Balaban J connectivity index is 2.88. The highest BCUT2D eigenvalue weighted by atomic mass is 32.1. The van der Waals surface area contributed by atoms with Crippen molar-refractivity contribution in [2.45, 2.75) is 20.8 Å². The van der Waals surface area contributed by atoms with Crippen molar-refractivity contribution in [2.24, 2.45) is 5.41 Å². The van der Waals surface area contributed by atoms with Crippen molar-refractivity contribution >= 4 is 16.9 Å². The summed E-state index contributed by atoms with van der Waals surface area (Å²) in [4.78, 5) is 4.20. The molecule has 0 radical (unpaired) electrons. The van der Waals surface area contributed by atoms with Crippen LogP contribution in [-0.2, 0) is 0 Å². The van der Waals surface area contributed by atoms with Crippen LogP contribution in [0.15, 0.2) is 18.2 Å². The summed E-state index contributed by atoms with van der Waals surface area (Å²) in [5, 5.41) is 3.03. The second-order valence-electron chi connectivity index (χ2n) is 3.57. The number of thiazole rings is 1. The van der Waals surface area contributed by atoms with E-state index in [4.69, 9.17) is 0 Å². The highest BCUT2D eigenvalue weighted by Crippen LogP contribution is 2.32. The number of rotatable bonds is 1. The number of hydrogen-bond donors (Lipinski definition) is 0. The molecule has 0 fully saturated rings. The Bertz CT molecular complexity index is 241. The summed E-state index contributed by atoms with van der Waals surface area (Å²) in [7, 11) is 0. The largest absolute Gasteiger partial charge is 0.245 e. The van der Waals surface area contributed by atoms with Crippen LogP contribution in [0, 0.1) is 5.41 Å². The normalized spacial score (nSPS) is 11.5. The number of nitrogens with zero attached hydrogens (tertiary/aromatic N) is 1. The van der Waals surface area contributed by atoms with Gasteiger partial charge in [0.25, 0.3) is 0 Å². The first kappa shape index (κ1) is 8.47. The lowest BCUT2D eigenvalue weighted by Crippen LogP contribution is -2.06. The van der Waals surface area contributed by atoms with Crippen LogP contribution in [0.25, 0.3) is 5.57 Å². The van der Waals surface area contributed by atoms with E-state index in [0.29, 0.717) is 0 Å². The van der Waals surface area contributed by atoms with Crippen LogP contribution in [0.3, 0.4) is 0 Å². The molecule has 0 amide bonds. The molecule has 0 aliphatic heterocycles. The molecule has 1 aromatic heterocycles. The van der Waals surface area contributed by atoms with E-state index in [9.17, 15) is 0 Å². The molecular weight excluding hydrogens is 154 g/mol. The lowest BCUT2D eigenvalue weighted by atomic mass is 9.88. The molecule has 1 aromatic rings. The number of aromatic nitrogens is 1. The minimum atomic E-state index is 0.137. The van der Waals surface area contributed by atoms with Gasteiger partial charge < -0.3 is 0 Å². The second-order valence-corrected chi connectivity index (χ2v) is 4.46. The molecule has 1 rings (SSSR count). The lowest BCUT2D eigenvalue weighted by Gasteiger charge is -2.19. The van der Waals surface area contributed by atoms with Crippen LogP contribution in [-0.4, -0.2) is 4.98 Å². The van der Waals surface area contributed by atoms with Crippen molar-refractivity contribution in [3.05, 3.63) is 23.2 Å². The molecule has 0 spiro atoms. The molecule has 0 bridgehead atoms. The number of allylic oxidation sites excluding steroid dienone is 1. The molecule has 11 heavy (non-hydrogen) atoms. The summed E-state index contributed by atoms with van der Waals surface area (Å²) in [5.74, 6) is 0. The van der Waals surface area contributed by atoms with E-state index in [0.717, 1.165) is 10.6 Å². The molecule has 0 saturated heterocycles. The van der Waals surface area contributed by atoms with E-state index in [1.165, 1.54) is 0 Å². The summed E-state index contributed by atoms with van der Waals surface area (Å²) in [6, 6.07) is 0. The van der Waals surface area contributed by atoms with E-state index >= 15 is 0 Å². The van der Waals surface area contributed by atoms with E-state index in [-0.39, 0.29) is 5.41 Å². The fourth-order valence-corrected chi connectivity index (χ4v) is 1.51. The molecule has 0 aliphatic rings. The van der Waals surface area contributed by atoms with Crippen LogP contribution in [0.4, 0.5) is 0 Å². The lowest BCUT2D eigenvalue weighted by molar-refractivity contribution is 0.567. The van der Waals surface area contributed by atoms with Crippen molar-refractivity contribution in [3.63, 3.8) is 0 Å². The predicted molar refractivity (Wildman–Crippen MR) is 50.6 cm³/mol. The first-order chi connectivity index (χ1) is 5.02. The van der Waals surface area contributed by atoms with Crippen molar-refractivity contribution in [1.82, 2.24) is 4.98 Å². The summed E-state index contributed by atoms with van der Waals surface area (Å²) < 4.78 is 0. The fourth-order valence-electron chi connectivity index (χ4n) is 0.693.